The number of anilines is 1. The molecule has 1 heterocycles. The van der Waals surface area contributed by atoms with E-state index in [0.717, 1.165) is 22.2 Å². The van der Waals surface area contributed by atoms with Crippen LogP contribution in [0.4, 0.5) is 5.69 Å². The highest BCUT2D eigenvalue weighted by atomic mass is 35.5. The number of para-hydroxylation sites is 1. The second-order valence-electron chi connectivity index (χ2n) is 5.86. The van der Waals surface area contributed by atoms with E-state index in [1.807, 2.05) is 6.92 Å². The van der Waals surface area contributed by atoms with Gasteiger partial charge in [-0.25, -0.2) is 4.90 Å². The summed E-state index contributed by atoms with van der Waals surface area (Å²) in [5.41, 5.74) is 2.08. The van der Waals surface area contributed by atoms with Gasteiger partial charge in [-0.1, -0.05) is 35.9 Å². The van der Waals surface area contributed by atoms with Crippen molar-refractivity contribution in [1.29, 1.82) is 0 Å². The lowest BCUT2D eigenvalue weighted by molar-refractivity contribution is -0.119. The molecule has 3 rings (SSSR count). The first kappa shape index (κ1) is 19.5. The number of ether oxygens (including phenoxy) is 1. The predicted molar refractivity (Wildman–Crippen MR) is 108 cm³/mol. The molecule has 7 heteroatoms. The van der Waals surface area contributed by atoms with E-state index in [1.54, 1.807) is 42.5 Å². The lowest BCUT2D eigenvalue weighted by Gasteiger charge is -2.16. The summed E-state index contributed by atoms with van der Waals surface area (Å²) in [6.07, 6.45) is 0. The number of halogens is 1. The van der Waals surface area contributed by atoms with Gasteiger partial charge in [0.2, 0.25) is 0 Å². The van der Waals surface area contributed by atoms with Crippen LogP contribution in [0.15, 0.2) is 47.4 Å². The lowest BCUT2D eigenvalue weighted by atomic mass is 10.0. The third-order valence-corrected chi connectivity index (χ3v) is 5.63. The molecule has 0 saturated carbocycles. The van der Waals surface area contributed by atoms with Crippen LogP contribution in [0.1, 0.15) is 11.1 Å². The smallest absolute Gasteiger partial charge is 0.272 e. The monoisotopic (exact) mass is 403 g/mol. The first-order valence-corrected chi connectivity index (χ1v) is 9.62. The van der Waals surface area contributed by atoms with Gasteiger partial charge in [-0.05, 0) is 30.7 Å². The Balaban J connectivity index is 2.13. The Hall–Kier alpha value is -2.28. The third kappa shape index (κ3) is 3.60. The molecule has 1 N–H and O–H groups in total. The number of imide groups is 1. The van der Waals surface area contributed by atoms with Crippen molar-refractivity contribution < 1.29 is 19.4 Å². The van der Waals surface area contributed by atoms with Crippen LogP contribution in [0, 0.1) is 6.92 Å². The molecular formula is C20H18ClNO4S. The van der Waals surface area contributed by atoms with Gasteiger partial charge in [0.25, 0.3) is 11.8 Å². The first-order valence-electron chi connectivity index (χ1n) is 8.25. The van der Waals surface area contributed by atoms with Crippen LogP contribution in [0.2, 0.25) is 5.02 Å². The van der Waals surface area contributed by atoms with E-state index in [4.69, 9.17) is 16.3 Å². The molecule has 0 radical (unpaired) electrons. The maximum Gasteiger partial charge on any atom is 0.272 e. The van der Waals surface area contributed by atoms with Gasteiger partial charge in [0.15, 0.2) is 0 Å². The number of aliphatic hydroxyl groups is 1. The highest BCUT2D eigenvalue weighted by Gasteiger charge is 2.41. The zero-order chi connectivity index (χ0) is 19.6. The summed E-state index contributed by atoms with van der Waals surface area (Å²) in [7, 11) is 1.51. The van der Waals surface area contributed by atoms with E-state index in [9.17, 15) is 14.7 Å². The number of nitrogens with zero attached hydrogens (tertiary/aromatic N) is 1. The molecule has 0 aliphatic carbocycles. The van der Waals surface area contributed by atoms with Crippen LogP contribution in [0.5, 0.6) is 5.75 Å². The molecule has 2 aromatic carbocycles. The Morgan fingerprint density at radius 1 is 1.15 bits per heavy atom. The van der Waals surface area contributed by atoms with Crippen molar-refractivity contribution in [3.8, 4) is 5.75 Å². The predicted octanol–water partition coefficient (Wildman–Crippen LogP) is 3.67. The van der Waals surface area contributed by atoms with E-state index in [2.05, 4.69) is 0 Å². The van der Waals surface area contributed by atoms with Crippen LogP contribution < -0.4 is 9.64 Å². The van der Waals surface area contributed by atoms with Gasteiger partial charge in [-0.3, -0.25) is 9.59 Å². The van der Waals surface area contributed by atoms with Gasteiger partial charge in [0, 0.05) is 16.3 Å². The number of thioether (sulfide) groups is 1. The van der Waals surface area contributed by atoms with Crippen LogP contribution in [-0.4, -0.2) is 36.4 Å². The molecule has 1 aliphatic heterocycles. The molecular weight excluding hydrogens is 386 g/mol. The molecule has 0 fully saturated rings. The van der Waals surface area contributed by atoms with Crippen molar-refractivity contribution >= 4 is 46.4 Å². The second-order valence-corrected chi connectivity index (χ2v) is 7.37. The fourth-order valence-corrected chi connectivity index (χ4v) is 3.86. The second kappa shape index (κ2) is 8.17. The van der Waals surface area contributed by atoms with Crippen LogP contribution in [0.25, 0.3) is 5.57 Å². The zero-order valence-electron chi connectivity index (χ0n) is 14.9. The van der Waals surface area contributed by atoms with E-state index >= 15 is 0 Å². The van der Waals surface area contributed by atoms with E-state index in [0.29, 0.717) is 27.8 Å². The highest BCUT2D eigenvalue weighted by Crippen LogP contribution is 2.41. The molecule has 0 atom stereocenters. The minimum absolute atomic E-state index is 0.106. The molecule has 27 heavy (non-hydrogen) atoms. The molecule has 0 saturated heterocycles. The summed E-state index contributed by atoms with van der Waals surface area (Å²) in [6, 6.07) is 12.1. The molecule has 5 nitrogen and oxygen atoms in total. The number of rotatable bonds is 6. The number of aryl methyl sites for hydroxylation is 1. The highest BCUT2D eigenvalue weighted by molar-refractivity contribution is 8.04. The van der Waals surface area contributed by atoms with Gasteiger partial charge in [0.05, 0.1) is 29.9 Å². The average Bonchev–Trinajstić information content (AvgIpc) is 2.92. The standard InChI is InChI=1S/C20H18ClNO4S/c1-12-7-8-13(11-15(12)21)22-19(24)17(18(20(22)25)27-10-9-23)14-5-3-4-6-16(14)26-2/h3-8,11,23H,9-10H2,1-2H3. The summed E-state index contributed by atoms with van der Waals surface area (Å²) in [5, 5.41) is 9.67. The third-order valence-electron chi connectivity index (χ3n) is 4.17. The van der Waals surface area contributed by atoms with Crippen LogP contribution >= 0.6 is 23.4 Å². The summed E-state index contributed by atoms with van der Waals surface area (Å²) in [5.74, 6) is -0.0705. The van der Waals surface area contributed by atoms with Crippen molar-refractivity contribution in [2.45, 2.75) is 6.92 Å². The lowest BCUT2D eigenvalue weighted by Crippen LogP contribution is -2.31. The molecule has 0 aromatic heterocycles. The maximum atomic E-state index is 13.2. The van der Waals surface area contributed by atoms with E-state index in [1.165, 1.54) is 7.11 Å². The van der Waals surface area contributed by atoms with Crippen molar-refractivity contribution in [2.24, 2.45) is 0 Å². The molecule has 0 unspecified atom stereocenters. The average molecular weight is 404 g/mol. The normalized spacial score (nSPS) is 14.3. The Kier molecular flexibility index (Phi) is 5.89. The molecule has 0 bridgehead atoms. The largest absolute Gasteiger partial charge is 0.496 e. The minimum Gasteiger partial charge on any atom is -0.496 e. The Morgan fingerprint density at radius 2 is 1.89 bits per heavy atom. The fraction of sp³-hybridized carbons (Fsp3) is 0.200. The zero-order valence-corrected chi connectivity index (χ0v) is 16.4. The Labute approximate surface area is 166 Å². The topological polar surface area (TPSA) is 66.8 Å². The number of hydrogen-bond acceptors (Lipinski definition) is 5. The van der Waals surface area contributed by atoms with Crippen molar-refractivity contribution in [1.82, 2.24) is 0 Å². The SMILES string of the molecule is COc1ccccc1C1=C(SCCO)C(=O)N(c2ccc(C)c(Cl)c2)C1=O. The molecule has 2 amide bonds. The van der Waals surface area contributed by atoms with Gasteiger partial charge in [0.1, 0.15) is 5.75 Å². The van der Waals surface area contributed by atoms with E-state index < -0.39 is 11.8 Å². The fourth-order valence-electron chi connectivity index (χ4n) is 2.84. The molecule has 1 aliphatic rings. The van der Waals surface area contributed by atoms with Crippen LogP contribution in [-0.2, 0) is 9.59 Å². The number of methoxy groups -OCH3 is 1. The summed E-state index contributed by atoms with van der Waals surface area (Å²) in [6.45, 7) is 1.74. The summed E-state index contributed by atoms with van der Waals surface area (Å²) < 4.78 is 5.37. The molecule has 2 aromatic rings. The Morgan fingerprint density at radius 3 is 2.56 bits per heavy atom. The first-order chi connectivity index (χ1) is 13.0. The maximum absolute atomic E-state index is 13.2. The number of benzene rings is 2. The van der Waals surface area contributed by atoms with Gasteiger partial charge >= 0.3 is 0 Å². The van der Waals surface area contributed by atoms with Crippen LogP contribution in [0.3, 0.4) is 0 Å². The number of amides is 2. The van der Waals surface area contributed by atoms with Gasteiger partial charge < -0.3 is 9.84 Å². The summed E-state index contributed by atoms with van der Waals surface area (Å²) in [4.78, 5) is 27.7. The van der Waals surface area contributed by atoms with Crippen molar-refractivity contribution in [3.05, 3.63) is 63.5 Å². The number of carbonyl (C=O) groups excluding carboxylic acids is 2. The minimum atomic E-state index is -0.440. The molecule has 140 valence electrons. The van der Waals surface area contributed by atoms with Gasteiger partial charge in [-0.15, -0.1) is 11.8 Å². The van der Waals surface area contributed by atoms with Crippen molar-refractivity contribution in [2.75, 3.05) is 24.4 Å². The summed E-state index contributed by atoms with van der Waals surface area (Å²) >= 11 is 7.34. The molecule has 0 spiro atoms. The van der Waals surface area contributed by atoms with E-state index in [-0.39, 0.29) is 17.1 Å². The quantitative estimate of drug-likeness (QED) is 0.745. The van der Waals surface area contributed by atoms with Gasteiger partial charge in [-0.2, -0.15) is 0 Å². The van der Waals surface area contributed by atoms with Crippen molar-refractivity contribution in [3.63, 3.8) is 0 Å². The number of carbonyl (C=O) groups is 2. The number of aliphatic hydroxyl groups excluding tert-OH is 1. The Bertz CT molecular complexity index is 941. The number of hydrogen-bond donors (Lipinski definition) is 1.